The van der Waals surface area contributed by atoms with Crippen LogP contribution in [0.15, 0.2) is 0 Å². The maximum absolute atomic E-state index is 14.0. The summed E-state index contributed by atoms with van der Waals surface area (Å²) in [5.41, 5.74) is 0. The van der Waals surface area contributed by atoms with E-state index in [-0.39, 0.29) is 29.6 Å². The Bertz CT molecular complexity index is 1420. The molecule has 0 bridgehead atoms. The summed E-state index contributed by atoms with van der Waals surface area (Å²) < 4.78 is 342. The zero-order valence-corrected chi connectivity index (χ0v) is 24.0. The molecule has 45 heavy (non-hydrogen) atoms. The Labute approximate surface area is 256 Å². The second kappa shape index (κ2) is 12.5. The molecule has 4 nitrogen and oxygen atoms in total. The standard InChI is InChI=1S/C14F23O4S3.Na/c15-1-2(16)4(18)6(5(19)3(1)17)41-43(38)42(37)44(39,40)14(35,36)12(30,31)10(26,27)8(22,23)7(20,21)9(24,25)11(28,29)13(32,33)34;/q-1;+1. The van der Waals surface area contributed by atoms with Gasteiger partial charge in [-0.05, 0) is 10.0 Å². The Hall–Kier alpha value is -0.980. The van der Waals surface area contributed by atoms with Gasteiger partial charge >= 0.3 is 85.4 Å². The van der Waals surface area contributed by atoms with Crippen LogP contribution in [-0.4, -0.2) is 59.9 Å². The number of halogens is 23. The van der Waals surface area contributed by atoms with E-state index in [4.69, 9.17) is 0 Å². The number of hydrogen-bond acceptors (Lipinski definition) is 4. The van der Waals surface area contributed by atoms with Gasteiger partial charge in [-0.15, -0.1) is 3.89 Å². The van der Waals surface area contributed by atoms with Gasteiger partial charge in [-0.25, -0.2) is 21.6 Å². The average molecular weight is 788 g/mol. The molecular weight excluding hydrogens is 788 g/mol. The van der Waals surface area contributed by atoms with Crippen molar-refractivity contribution >= 4 is 27.8 Å². The maximum Gasteiger partial charge on any atom is 1.00 e. The van der Waals surface area contributed by atoms with Crippen LogP contribution in [0.25, 0.3) is 0 Å². The fourth-order valence-electron chi connectivity index (χ4n) is 2.21. The average Bonchev–Trinajstić information content (AvgIpc) is 2.86. The Morgan fingerprint density at radius 3 is 1.09 bits per heavy atom. The molecule has 0 aromatic heterocycles. The molecule has 0 amide bonds. The quantitative estimate of drug-likeness (QED) is 0.0894. The maximum atomic E-state index is 14.0. The zero-order chi connectivity index (χ0) is 35.8. The van der Waals surface area contributed by atoms with Crippen LogP contribution < -0.4 is 33.7 Å². The third-order valence-corrected chi connectivity index (χ3v) is 11.5. The number of rotatable bonds is 10. The fraction of sp³-hybridized carbons (Fsp3) is 0.571. The van der Waals surface area contributed by atoms with Gasteiger partial charge in [-0.1, -0.05) is 0 Å². The van der Waals surface area contributed by atoms with Crippen LogP contribution in [0.2, 0.25) is 0 Å². The Morgan fingerprint density at radius 1 is 0.511 bits per heavy atom. The summed E-state index contributed by atoms with van der Waals surface area (Å²) in [6, 6.07) is 0. The molecule has 1 aromatic carbocycles. The molecule has 0 fully saturated rings. The van der Waals surface area contributed by atoms with E-state index in [2.05, 4.69) is 4.18 Å². The predicted octanol–water partition coefficient (Wildman–Crippen LogP) is 4.14. The van der Waals surface area contributed by atoms with Gasteiger partial charge in [0.15, 0.2) is 8.87 Å². The summed E-state index contributed by atoms with van der Waals surface area (Å²) in [7, 11) is -20.3. The first kappa shape index (κ1) is 44.0. The van der Waals surface area contributed by atoms with Crippen LogP contribution in [0.5, 0.6) is 5.75 Å². The van der Waals surface area contributed by atoms with E-state index in [0.717, 1.165) is 0 Å². The molecular formula is C14F23NaO4S3. The molecule has 0 spiro atoms. The summed E-state index contributed by atoms with van der Waals surface area (Å²) in [6.07, 6.45) is -8.09. The fourth-order valence-corrected chi connectivity index (χ4v) is 7.25. The summed E-state index contributed by atoms with van der Waals surface area (Å²) in [5.74, 6) is -73.4. The van der Waals surface area contributed by atoms with E-state index in [1.165, 1.54) is 0 Å². The van der Waals surface area contributed by atoms with Gasteiger partial charge in [0.25, 0.3) is 0 Å². The molecule has 0 radical (unpaired) electrons. The topological polar surface area (TPSA) is 66.4 Å². The molecule has 1 rings (SSSR count). The van der Waals surface area contributed by atoms with Gasteiger partial charge in [-0.2, -0.15) is 83.4 Å². The van der Waals surface area contributed by atoms with E-state index in [9.17, 15) is 113 Å². The van der Waals surface area contributed by atoms with Crippen molar-refractivity contribution in [3.05, 3.63) is 29.1 Å². The van der Waals surface area contributed by atoms with Crippen molar-refractivity contribution in [2.75, 3.05) is 0 Å². The van der Waals surface area contributed by atoms with Crippen molar-refractivity contribution in [3.63, 3.8) is 0 Å². The van der Waals surface area contributed by atoms with Crippen molar-refractivity contribution < 1.29 is 147 Å². The molecule has 0 saturated heterocycles. The molecule has 260 valence electrons. The molecule has 1 aromatic rings. The van der Waals surface area contributed by atoms with Gasteiger partial charge in [-0.3, -0.25) is 0 Å². The first-order valence-corrected chi connectivity index (χ1v) is 13.7. The monoisotopic (exact) mass is 788 g/mol. The largest absolute Gasteiger partial charge is 1.00 e. The molecule has 0 aliphatic rings. The van der Waals surface area contributed by atoms with Gasteiger partial charge in [0.2, 0.25) is 34.8 Å². The molecule has 0 aliphatic heterocycles. The minimum atomic E-state index is -9.29. The van der Waals surface area contributed by atoms with E-state index in [1.807, 2.05) is 0 Å². The van der Waals surface area contributed by atoms with Crippen molar-refractivity contribution in [2.24, 2.45) is 0 Å². The summed E-state index contributed by atoms with van der Waals surface area (Å²) in [4.78, 5) is 0. The van der Waals surface area contributed by atoms with E-state index < -0.39 is 110 Å². The van der Waals surface area contributed by atoms with Crippen LogP contribution in [0.4, 0.5) is 100 Å². The molecule has 0 saturated carbocycles. The summed E-state index contributed by atoms with van der Waals surface area (Å²) in [5, 5.41) is -8.54. The third-order valence-electron chi connectivity index (χ3n) is 4.61. The minimum absolute atomic E-state index is 0. The van der Waals surface area contributed by atoms with Gasteiger partial charge < -0.3 is 8.74 Å². The Balaban J connectivity index is 0.0000194. The number of benzene rings is 1. The van der Waals surface area contributed by atoms with Crippen LogP contribution >= 0.6 is 0 Å². The van der Waals surface area contributed by atoms with Crippen LogP contribution in [0.1, 0.15) is 0 Å². The SMILES string of the molecule is O=S(=O)(S(F)=S([O-])Oc1c(F)c(F)c(F)c(F)c1F)C(F)(F)C(F)(F)C(F)(F)C(F)(F)C(F)(F)C(F)(F)C(F)(F)C(F)(F)F.[Na+]. The molecule has 2 atom stereocenters. The van der Waals surface area contributed by atoms with Crippen LogP contribution in [-0.2, 0) is 27.8 Å². The van der Waals surface area contributed by atoms with E-state index >= 15 is 0 Å². The number of hydrogen-bond donors (Lipinski definition) is 0. The predicted molar refractivity (Wildman–Crippen MR) is 93.1 cm³/mol. The molecule has 0 heterocycles. The summed E-state index contributed by atoms with van der Waals surface area (Å²) in [6.45, 7) is 0. The van der Waals surface area contributed by atoms with Gasteiger partial charge in [0.1, 0.15) is 0 Å². The second-order valence-corrected chi connectivity index (χ2v) is 14.2. The van der Waals surface area contributed by atoms with Crippen LogP contribution in [0.3, 0.4) is 0 Å². The first-order chi connectivity index (χ1) is 19.0. The summed E-state index contributed by atoms with van der Waals surface area (Å²) >= 11 is 0. The van der Waals surface area contributed by atoms with Crippen molar-refractivity contribution in [2.45, 2.75) is 47.0 Å². The normalized spacial score (nSPS) is 16.3. The molecule has 2 unspecified atom stereocenters. The van der Waals surface area contributed by atoms with E-state index in [1.54, 1.807) is 0 Å². The first-order valence-electron chi connectivity index (χ1n) is 8.97. The third kappa shape index (κ3) is 6.09. The molecule has 0 aliphatic carbocycles. The van der Waals surface area contributed by atoms with E-state index in [0.29, 0.717) is 0 Å². The van der Waals surface area contributed by atoms with Crippen LogP contribution in [0, 0.1) is 29.1 Å². The van der Waals surface area contributed by atoms with Gasteiger partial charge in [0, 0.05) is 0 Å². The van der Waals surface area contributed by atoms with Crippen molar-refractivity contribution in [3.8, 4) is 5.75 Å². The smallest absolute Gasteiger partial charge is 0.765 e. The Morgan fingerprint density at radius 2 is 0.778 bits per heavy atom. The minimum Gasteiger partial charge on any atom is -0.765 e. The Kier molecular flexibility index (Phi) is 12.2. The van der Waals surface area contributed by atoms with Gasteiger partial charge in [0.05, 0.1) is 0 Å². The molecule has 31 heteroatoms. The number of alkyl halides is 17. The van der Waals surface area contributed by atoms with Crippen molar-refractivity contribution in [1.29, 1.82) is 0 Å². The van der Waals surface area contributed by atoms with Crippen molar-refractivity contribution in [1.82, 2.24) is 0 Å². The second-order valence-electron chi connectivity index (χ2n) is 7.30. The molecule has 0 N–H and O–H groups in total. The zero-order valence-electron chi connectivity index (χ0n) is 19.6.